The van der Waals surface area contributed by atoms with Crippen LogP contribution >= 0.6 is 0 Å². The molecule has 1 fully saturated rings. The first kappa shape index (κ1) is 22.8. The van der Waals surface area contributed by atoms with Crippen LogP contribution in [-0.4, -0.2) is 76.2 Å². The van der Waals surface area contributed by atoms with E-state index >= 15 is 0 Å². The highest BCUT2D eigenvalue weighted by atomic mass is 16.2. The highest BCUT2D eigenvalue weighted by molar-refractivity contribution is 5.89. The first-order chi connectivity index (χ1) is 17.0. The summed E-state index contributed by atoms with van der Waals surface area (Å²) in [5.74, 6) is 0.484. The second-order valence-electron chi connectivity index (χ2n) is 8.96. The quantitative estimate of drug-likeness (QED) is 0.616. The van der Waals surface area contributed by atoms with E-state index in [0.717, 1.165) is 60.6 Å². The van der Waals surface area contributed by atoms with E-state index in [-0.39, 0.29) is 18.4 Å². The van der Waals surface area contributed by atoms with Crippen molar-refractivity contribution in [3.8, 4) is 0 Å². The van der Waals surface area contributed by atoms with Crippen LogP contribution in [0, 0.1) is 0 Å². The first-order valence-electron chi connectivity index (χ1n) is 11.8. The number of benzene rings is 1. The summed E-state index contributed by atoms with van der Waals surface area (Å²) in [7, 11) is 2.08. The number of amides is 2. The standard InChI is InChI=1S/C26H29N7O2/c1-19(34)28-25-9-6-20(16-27-25)24-5-3-4-10-33(24)22-7-8-23-21(15-22)17-32(29-23)18-26(35)31-13-11-30(2)12-14-31/h3-9,15-17H,10-14,18H2,1-2H3,(H,27,28,34). The lowest BCUT2D eigenvalue weighted by Crippen LogP contribution is -2.48. The average Bonchev–Trinajstić information content (AvgIpc) is 3.26. The predicted octanol–water partition coefficient (Wildman–Crippen LogP) is 2.58. The van der Waals surface area contributed by atoms with Gasteiger partial charge in [0.2, 0.25) is 11.8 Å². The second-order valence-corrected chi connectivity index (χ2v) is 8.96. The molecule has 9 nitrogen and oxygen atoms in total. The van der Waals surface area contributed by atoms with E-state index in [1.807, 2.05) is 35.4 Å². The fourth-order valence-electron chi connectivity index (χ4n) is 4.42. The van der Waals surface area contributed by atoms with Gasteiger partial charge in [-0.3, -0.25) is 14.3 Å². The van der Waals surface area contributed by atoms with Crippen LogP contribution in [0.25, 0.3) is 16.6 Å². The summed E-state index contributed by atoms with van der Waals surface area (Å²) in [5.41, 5.74) is 3.87. The van der Waals surface area contributed by atoms with Crippen molar-refractivity contribution in [2.24, 2.45) is 0 Å². The third-order valence-electron chi connectivity index (χ3n) is 6.33. The number of carbonyl (C=O) groups is 2. The maximum absolute atomic E-state index is 12.7. The topological polar surface area (TPSA) is 86.6 Å². The van der Waals surface area contributed by atoms with Gasteiger partial charge in [0, 0.05) is 68.7 Å². The van der Waals surface area contributed by atoms with Crippen LogP contribution in [0.15, 0.2) is 61.0 Å². The first-order valence-corrected chi connectivity index (χ1v) is 11.8. The molecule has 2 aliphatic heterocycles. The molecule has 1 N–H and O–H groups in total. The number of nitrogens with one attached hydrogen (secondary N) is 1. The van der Waals surface area contributed by atoms with Crippen molar-refractivity contribution in [1.29, 1.82) is 0 Å². The number of hydrogen-bond donors (Lipinski definition) is 1. The molecule has 0 radical (unpaired) electrons. The molecule has 0 bridgehead atoms. The molecule has 9 heteroatoms. The molecule has 3 aromatic rings. The van der Waals surface area contributed by atoms with E-state index in [2.05, 4.69) is 50.5 Å². The van der Waals surface area contributed by atoms with Gasteiger partial charge in [-0.1, -0.05) is 12.2 Å². The van der Waals surface area contributed by atoms with Gasteiger partial charge in [-0.2, -0.15) is 5.10 Å². The van der Waals surface area contributed by atoms with Crippen molar-refractivity contribution in [2.45, 2.75) is 13.5 Å². The summed E-state index contributed by atoms with van der Waals surface area (Å²) < 4.78 is 1.74. The predicted molar refractivity (Wildman–Crippen MR) is 137 cm³/mol. The summed E-state index contributed by atoms with van der Waals surface area (Å²) in [6.07, 6.45) is 9.91. The minimum atomic E-state index is -0.147. The lowest BCUT2D eigenvalue weighted by molar-refractivity contribution is -0.133. The zero-order valence-electron chi connectivity index (χ0n) is 20.0. The largest absolute Gasteiger partial charge is 0.339 e. The maximum Gasteiger partial charge on any atom is 0.244 e. The Labute approximate surface area is 204 Å². The molecule has 4 heterocycles. The maximum atomic E-state index is 12.7. The zero-order chi connectivity index (χ0) is 24.4. The van der Waals surface area contributed by atoms with Gasteiger partial charge in [0.1, 0.15) is 12.4 Å². The van der Waals surface area contributed by atoms with Gasteiger partial charge in [-0.25, -0.2) is 4.98 Å². The van der Waals surface area contributed by atoms with Crippen LogP contribution < -0.4 is 10.2 Å². The summed E-state index contributed by atoms with van der Waals surface area (Å²) in [6.45, 7) is 5.77. The van der Waals surface area contributed by atoms with E-state index in [1.54, 1.807) is 16.9 Å². The fraction of sp³-hybridized carbons (Fsp3) is 0.308. The van der Waals surface area contributed by atoms with Crippen molar-refractivity contribution < 1.29 is 9.59 Å². The van der Waals surface area contributed by atoms with Crippen LogP contribution in [0.5, 0.6) is 0 Å². The van der Waals surface area contributed by atoms with Gasteiger partial charge in [0.15, 0.2) is 0 Å². The Morgan fingerprint density at radius 2 is 1.91 bits per heavy atom. The molecule has 1 aromatic carbocycles. The van der Waals surface area contributed by atoms with Crippen molar-refractivity contribution in [3.05, 3.63) is 66.5 Å². The van der Waals surface area contributed by atoms with E-state index in [9.17, 15) is 9.59 Å². The van der Waals surface area contributed by atoms with Crippen LogP contribution in [0.4, 0.5) is 11.5 Å². The molecule has 180 valence electrons. The Balaban J connectivity index is 1.34. The minimum Gasteiger partial charge on any atom is -0.339 e. The third-order valence-corrected chi connectivity index (χ3v) is 6.33. The zero-order valence-corrected chi connectivity index (χ0v) is 20.0. The second kappa shape index (κ2) is 9.71. The van der Waals surface area contributed by atoms with Gasteiger partial charge in [0.05, 0.1) is 11.2 Å². The number of hydrogen-bond acceptors (Lipinski definition) is 6. The molecular formula is C26H29N7O2. The monoisotopic (exact) mass is 471 g/mol. The van der Waals surface area contributed by atoms with Gasteiger partial charge in [0.25, 0.3) is 0 Å². The molecule has 0 saturated carbocycles. The Morgan fingerprint density at radius 1 is 1.09 bits per heavy atom. The molecular weight excluding hydrogens is 442 g/mol. The van der Waals surface area contributed by atoms with Crippen molar-refractivity contribution in [1.82, 2.24) is 24.6 Å². The number of piperazine rings is 1. The van der Waals surface area contributed by atoms with E-state index in [4.69, 9.17) is 0 Å². The van der Waals surface area contributed by atoms with E-state index in [1.165, 1.54) is 6.92 Å². The molecule has 2 aromatic heterocycles. The number of likely N-dealkylation sites (N-methyl/N-ethyl adjacent to an activating group) is 1. The molecule has 0 atom stereocenters. The number of fused-ring (bicyclic) bond motifs is 1. The highest BCUT2D eigenvalue weighted by Crippen LogP contribution is 2.30. The SMILES string of the molecule is CC(=O)Nc1ccc(C2=CC=CCN2c2ccc3nn(CC(=O)N4CCN(C)CC4)cc3c2)cn1. The summed E-state index contributed by atoms with van der Waals surface area (Å²) >= 11 is 0. The number of allylic oxidation sites excluding steroid dienone is 2. The molecule has 35 heavy (non-hydrogen) atoms. The Bertz CT molecular complexity index is 1300. The van der Waals surface area contributed by atoms with Crippen molar-refractivity contribution >= 4 is 39.9 Å². The number of nitrogens with zero attached hydrogens (tertiary/aromatic N) is 6. The molecule has 2 amide bonds. The van der Waals surface area contributed by atoms with Crippen LogP contribution in [0.2, 0.25) is 0 Å². The third kappa shape index (κ3) is 5.09. The lowest BCUT2D eigenvalue weighted by atomic mass is 10.1. The van der Waals surface area contributed by atoms with Crippen molar-refractivity contribution in [2.75, 3.05) is 50.0 Å². The minimum absolute atomic E-state index is 0.104. The molecule has 0 spiro atoms. The van der Waals surface area contributed by atoms with Crippen LogP contribution in [0.1, 0.15) is 12.5 Å². The van der Waals surface area contributed by atoms with E-state index < -0.39 is 0 Å². The molecule has 2 aliphatic rings. The Kier molecular flexibility index (Phi) is 6.33. The highest BCUT2D eigenvalue weighted by Gasteiger charge is 2.20. The smallest absolute Gasteiger partial charge is 0.244 e. The Morgan fingerprint density at radius 3 is 2.66 bits per heavy atom. The van der Waals surface area contributed by atoms with Gasteiger partial charge >= 0.3 is 0 Å². The summed E-state index contributed by atoms with van der Waals surface area (Å²) in [5, 5.41) is 8.32. The van der Waals surface area contributed by atoms with Crippen LogP contribution in [-0.2, 0) is 16.1 Å². The number of rotatable bonds is 5. The fourth-order valence-corrected chi connectivity index (χ4v) is 4.42. The number of aromatic nitrogens is 3. The molecule has 0 unspecified atom stereocenters. The number of carbonyl (C=O) groups excluding carboxylic acids is 2. The summed E-state index contributed by atoms with van der Waals surface area (Å²) in [4.78, 5) is 34.8. The number of anilines is 2. The Hall–Kier alpha value is -3.98. The van der Waals surface area contributed by atoms with Gasteiger partial charge in [-0.15, -0.1) is 0 Å². The number of pyridine rings is 1. The summed E-state index contributed by atoms with van der Waals surface area (Å²) in [6, 6.07) is 9.91. The molecule has 0 aliphatic carbocycles. The lowest BCUT2D eigenvalue weighted by Gasteiger charge is -2.32. The van der Waals surface area contributed by atoms with Crippen LogP contribution in [0.3, 0.4) is 0 Å². The van der Waals surface area contributed by atoms with E-state index in [0.29, 0.717) is 5.82 Å². The van der Waals surface area contributed by atoms with Gasteiger partial charge < -0.3 is 20.0 Å². The normalized spacial score (nSPS) is 16.5. The van der Waals surface area contributed by atoms with Gasteiger partial charge in [-0.05, 0) is 43.5 Å². The molecule has 1 saturated heterocycles. The average molecular weight is 472 g/mol. The molecule has 5 rings (SSSR count). The van der Waals surface area contributed by atoms with Crippen molar-refractivity contribution in [3.63, 3.8) is 0 Å².